The van der Waals surface area contributed by atoms with Crippen molar-refractivity contribution in [3.63, 3.8) is 0 Å². The number of H-pyrrole nitrogens is 1. The molecule has 0 aliphatic rings. The van der Waals surface area contributed by atoms with E-state index in [4.69, 9.17) is 0 Å². The number of nitrogens with zero attached hydrogens (tertiary/aromatic N) is 4. The van der Waals surface area contributed by atoms with E-state index in [2.05, 4.69) is 51.0 Å². The first-order valence-corrected chi connectivity index (χ1v) is 11.3. The number of nitrogens with one attached hydrogen (secondary N) is 2. The van der Waals surface area contributed by atoms with Crippen LogP contribution in [0.2, 0.25) is 0 Å². The summed E-state index contributed by atoms with van der Waals surface area (Å²) in [5.74, 6) is 1.72. The van der Waals surface area contributed by atoms with E-state index in [-0.39, 0.29) is 5.91 Å². The van der Waals surface area contributed by atoms with Gasteiger partial charge in [0.1, 0.15) is 0 Å². The van der Waals surface area contributed by atoms with E-state index in [1.807, 2.05) is 61.5 Å². The Morgan fingerprint density at radius 2 is 1.79 bits per heavy atom. The smallest absolute Gasteiger partial charge is 0.224 e. The third-order valence-electron chi connectivity index (χ3n) is 5.65. The van der Waals surface area contributed by atoms with E-state index >= 15 is 0 Å². The molecule has 0 radical (unpaired) electrons. The van der Waals surface area contributed by atoms with Crippen molar-refractivity contribution < 1.29 is 4.79 Å². The molecule has 2 N–H and O–H groups in total. The van der Waals surface area contributed by atoms with Gasteiger partial charge in [0.25, 0.3) is 0 Å². The summed E-state index contributed by atoms with van der Waals surface area (Å²) in [7, 11) is 0. The minimum Gasteiger partial charge on any atom is -0.325 e. The number of anilines is 1. The number of hydrogen-bond donors (Lipinski definition) is 2. The molecule has 4 rings (SSSR count). The lowest BCUT2D eigenvalue weighted by atomic mass is 10.1. The predicted molar refractivity (Wildman–Crippen MR) is 131 cm³/mol. The molecule has 1 amide bonds. The van der Waals surface area contributed by atoms with Crippen LogP contribution in [0.1, 0.15) is 37.2 Å². The largest absolute Gasteiger partial charge is 0.325 e. The van der Waals surface area contributed by atoms with Gasteiger partial charge in [-0.15, -0.1) is 0 Å². The third-order valence-corrected chi connectivity index (χ3v) is 5.65. The molecule has 170 valence electrons. The highest BCUT2D eigenvalue weighted by Gasteiger charge is 2.16. The molecule has 2 aromatic heterocycles. The summed E-state index contributed by atoms with van der Waals surface area (Å²) in [6.45, 7) is 9.34. The van der Waals surface area contributed by atoms with Crippen LogP contribution in [0.4, 0.5) is 5.69 Å². The highest BCUT2D eigenvalue weighted by molar-refractivity contribution is 5.94. The molecule has 0 spiro atoms. The quantitative estimate of drug-likeness (QED) is 0.394. The Morgan fingerprint density at radius 3 is 2.55 bits per heavy atom. The minimum atomic E-state index is -0.0411. The topological polar surface area (TPSA) is 88.5 Å². The third kappa shape index (κ3) is 5.19. The van der Waals surface area contributed by atoms with Crippen LogP contribution in [0.3, 0.4) is 0 Å². The second-order valence-corrected chi connectivity index (χ2v) is 8.69. The first-order chi connectivity index (χ1) is 15.9. The predicted octanol–water partition coefficient (Wildman–Crippen LogP) is 5.18. The number of aromatic amines is 1. The number of aromatic nitrogens is 5. The van der Waals surface area contributed by atoms with E-state index in [1.54, 1.807) is 0 Å². The molecule has 0 saturated heterocycles. The maximum atomic E-state index is 12.8. The fourth-order valence-electron chi connectivity index (χ4n) is 3.97. The molecule has 0 aliphatic heterocycles. The number of carbonyl (C=O) groups is 1. The van der Waals surface area contributed by atoms with Crippen LogP contribution >= 0.6 is 0 Å². The second-order valence-electron chi connectivity index (χ2n) is 8.69. The van der Waals surface area contributed by atoms with Gasteiger partial charge in [-0.2, -0.15) is 10.2 Å². The molecule has 0 atom stereocenters. The fraction of sp³-hybridized carbons (Fsp3) is 0.308. The average Bonchev–Trinajstić information content (AvgIpc) is 3.38. The molecule has 7 nitrogen and oxygen atoms in total. The Kier molecular flexibility index (Phi) is 6.68. The van der Waals surface area contributed by atoms with E-state index < -0.39 is 0 Å². The molecule has 4 aromatic rings. The summed E-state index contributed by atoms with van der Waals surface area (Å²) in [6, 6.07) is 17.4. The van der Waals surface area contributed by atoms with Crippen LogP contribution in [0.15, 0.2) is 54.6 Å². The average molecular weight is 443 g/mol. The Balaban J connectivity index is 1.46. The molecule has 0 fully saturated rings. The zero-order chi connectivity index (χ0) is 23.4. The Labute approximate surface area is 194 Å². The number of hydrogen-bond acceptors (Lipinski definition) is 4. The van der Waals surface area contributed by atoms with Gasteiger partial charge < -0.3 is 5.32 Å². The molecule has 2 heterocycles. The number of carbonyl (C=O) groups excluding carboxylic acids is 1. The zero-order valence-corrected chi connectivity index (χ0v) is 19.6. The van der Waals surface area contributed by atoms with Crippen molar-refractivity contribution in [2.75, 3.05) is 5.32 Å². The van der Waals surface area contributed by atoms with Crippen molar-refractivity contribution in [1.82, 2.24) is 25.0 Å². The van der Waals surface area contributed by atoms with Gasteiger partial charge in [-0.05, 0) is 43.9 Å². The summed E-state index contributed by atoms with van der Waals surface area (Å²) >= 11 is 0. The number of aryl methyl sites for hydroxylation is 1. The summed E-state index contributed by atoms with van der Waals surface area (Å²) in [4.78, 5) is 17.5. The van der Waals surface area contributed by atoms with Crippen LogP contribution in [-0.4, -0.2) is 30.9 Å². The highest BCUT2D eigenvalue weighted by atomic mass is 16.1. The van der Waals surface area contributed by atoms with Gasteiger partial charge in [-0.3, -0.25) is 14.6 Å². The standard InChI is InChI=1S/C26H30N6O/c1-17(2)16-32-19(4)21(18(3)31-32)14-15-24(33)27-23-13-9-8-12-22(23)26-28-25(29-30-26)20-10-6-5-7-11-20/h5-13,17H,14-16H2,1-4H3,(H,27,33)(H,28,29,30). The fourth-order valence-corrected chi connectivity index (χ4v) is 3.97. The SMILES string of the molecule is Cc1nn(CC(C)C)c(C)c1CCC(=O)Nc1ccccc1-c1nc(-c2ccccc2)n[nH]1. The van der Waals surface area contributed by atoms with E-state index in [0.717, 1.165) is 34.6 Å². The van der Waals surface area contributed by atoms with Gasteiger partial charge in [0.15, 0.2) is 11.6 Å². The summed E-state index contributed by atoms with van der Waals surface area (Å²) < 4.78 is 2.05. The monoisotopic (exact) mass is 442 g/mol. The van der Waals surface area contributed by atoms with Gasteiger partial charge in [-0.1, -0.05) is 56.3 Å². The van der Waals surface area contributed by atoms with Crippen molar-refractivity contribution >= 4 is 11.6 Å². The van der Waals surface area contributed by atoms with Gasteiger partial charge >= 0.3 is 0 Å². The van der Waals surface area contributed by atoms with Crippen molar-refractivity contribution in [3.8, 4) is 22.8 Å². The van der Waals surface area contributed by atoms with E-state index in [0.29, 0.717) is 36.1 Å². The summed E-state index contributed by atoms with van der Waals surface area (Å²) in [5.41, 5.74) is 5.74. The number of benzene rings is 2. The maximum Gasteiger partial charge on any atom is 0.224 e. The van der Waals surface area contributed by atoms with Crippen LogP contribution < -0.4 is 5.32 Å². The Hall–Kier alpha value is -3.74. The Morgan fingerprint density at radius 1 is 1.06 bits per heavy atom. The molecular weight excluding hydrogens is 412 g/mol. The van der Waals surface area contributed by atoms with Gasteiger partial charge in [0.2, 0.25) is 5.91 Å². The van der Waals surface area contributed by atoms with Crippen LogP contribution in [0.25, 0.3) is 22.8 Å². The molecule has 33 heavy (non-hydrogen) atoms. The molecule has 0 saturated carbocycles. The van der Waals surface area contributed by atoms with E-state index in [9.17, 15) is 4.79 Å². The van der Waals surface area contributed by atoms with Gasteiger partial charge in [0.05, 0.1) is 11.4 Å². The van der Waals surface area contributed by atoms with Crippen molar-refractivity contribution in [2.24, 2.45) is 5.92 Å². The number of rotatable bonds is 8. The van der Waals surface area contributed by atoms with Gasteiger partial charge in [-0.25, -0.2) is 4.98 Å². The van der Waals surface area contributed by atoms with Crippen LogP contribution in [-0.2, 0) is 17.8 Å². The molecule has 0 bridgehead atoms. The van der Waals surface area contributed by atoms with Crippen LogP contribution in [0, 0.1) is 19.8 Å². The van der Waals surface area contributed by atoms with Crippen molar-refractivity contribution in [2.45, 2.75) is 47.1 Å². The molecule has 2 aromatic carbocycles. The lowest BCUT2D eigenvalue weighted by Gasteiger charge is -2.10. The first kappa shape index (κ1) is 22.5. The molecule has 7 heteroatoms. The maximum absolute atomic E-state index is 12.8. The molecule has 0 unspecified atom stereocenters. The van der Waals surface area contributed by atoms with Crippen LogP contribution in [0.5, 0.6) is 0 Å². The zero-order valence-electron chi connectivity index (χ0n) is 19.6. The number of amides is 1. The van der Waals surface area contributed by atoms with Crippen molar-refractivity contribution in [1.29, 1.82) is 0 Å². The second kappa shape index (κ2) is 9.81. The molecule has 0 aliphatic carbocycles. The highest BCUT2D eigenvalue weighted by Crippen LogP contribution is 2.27. The van der Waals surface area contributed by atoms with Crippen molar-refractivity contribution in [3.05, 3.63) is 71.5 Å². The normalized spacial score (nSPS) is 11.2. The summed E-state index contributed by atoms with van der Waals surface area (Å²) in [6.07, 6.45) is 1.04. The lowest BCUT2D eigenvalue weighted by Crippen LogP contribution is -2.14. The van der Waals surface area contributed by atoms with Gasteiger partial charge in [0, 0.05) is 29.8 Å². The summed E-state index contributed by atoms with van der Waals surface area (Å²) in [5, 5.41) is 15.1. The lowest BCUT2D eigenvalue weighted by molar-refractivity contribution is -0.116. The Bertz CT molecular complexity index is 1240. The minimum absolute atomic E-state index is 0.0411. The first-order valence-electron chi connectivity index (χ1n) is 11.3. The number of para-hydroxylation sites is 1. The molecular formula is C26H30N6O. The van der Waals surface area contributed by atoms with E-state index in [1.165, 1.54) is 0 Å².